The van der Waals surface area contributed by atoms with Gasteiger partial charge >= 0.3 is 0 Å². The van der Waals surface area contributed by atoms with Crippen LogP contribution in [0.5, 0.6) is 11.5 Å². The van der Waals surface area contributed by atoms with Crippen LogP contribution in [-0.2, 0) is 16.4 Å². The molecule has 0 spiro atoms. The molecule has 1 aliphatic heterocycles. The number of nitrogens with two attached hydrogens (primary N) is 1. The number of anilines is 2. The van der Waals surface area contributed by atoms with Gasteiger partial charge in [-0.05, 0) is 66.6 Å². The van der Waals surface area contributed by atoms with E-state index in [-0.39, 0.29) is 22.8 Å². The minimum Gasteiger partial charge on any atom is -0.454 e. The Bertz CT molecular complexity index is 1670. The van der Waals surface area contributed by atoms with E-state index in [1.54, 1.807) is 37.3 Å². The van der Waals surface area contributed by atoms with Crippen LogP contribution < -0.4 is 24.8 Å². The van der Waals surface area contributed by atoms with E-state index >= 15 is 0 Å². The maximum atomic E-state index is 13.1. The van der Waals surface area contributed by atoms with Crippen LogP contribution in [0.3, 0.4) is 0 Å². The number of hydrogen-bond acceptors (Lipinski definition) is 7. The van der Waals surface area contributed by atoms with E-state index < -0.39 is 21.8 Å². The van der Waals surface area contributed by atoms with Crippen LogP contribution in [0.1, 0.15) is 36.7 Å². The quantitative estimate of drug-likeness (QED) is 0.324. The van der Waals surface area contributed by atoms with Crippen LogP contribution >= 0.6 is 11.3 Å². The van der Waals surface area contributed by atoms with Gasteiger partial charge in [-0.25, -0.2) is 8.42 Å². The number of nitrogens with zero attached hydrogens (tertiary/aromatic N) is 1. The van der Waals surface area contributed by atoms with E-state index in [1.807, 2.05) is 18.2 Å². The first-order chi connectivity index (χ1) is 18.6. The number of benzene rings is 3. The number of carbonyl (C=O) groups is 2. The largest absolute Gasteiger partial charge is 0.454 e. The summed E-state index contributed by atoms with van der Waals surface area (Å²) in [5, 5.41) is 3.11. The SMILES string of the molecule is Cc1c(Cc2ccc3c(c2)OCO3)sc(NC(=O)c2ccc(S(=O)(=O)N(C)c3ccccc3)cc2)c1C(N)=O. The van der Waals surface area contributed by atoms with Gasteiger partial charge in [-0.15, -0.1) is 11.3 Å². The molecule has 3 aromatic carbocycles. The van der Waals surface area contributed by atoms with E-state index in [1.165, 1.54) is 47.0 Å². The molecule has 1 aromatic heterocycles. The fraction of sp³-hybridized carbons (Fsp3) is 0.143. The van der Waals surface area contributed by atoms with Gasteiger partial charge in [0.2, 0.25) is 6.79 Å². The van der Waals surface area contributed by atoms with E-state index in [0.717, 1.165) is 10.4 Å². The van der Waals surface area contributed by atoms with Crippen molar-refractivity contribution >= 4 is 43.9 Å². The Morgan fingerprint density at radius 3 is 2.38 bits per heavy atom. The molecule has 0 fully saturated rings. The van der Waals surface area contributed by atoms with Gasteiger partial charge in [-0.3, -0.25) is 13.9 Å². The number of hydrogen-bond donors (Lipinski definition) is 2. The smallest absolute Gasteiger partial charge is 0.264 e. The van der Waals surface area contributed by atoms with E-state index in [2.05, 4.69) is 5.32 Å². The average Bonchev–Trinajstić information content (AvgIpc) is 3.52. The highest BCUT2D eigenvalue weighted by Gasteiger charge is 2.24. The van der Waals surface area contributed by atoms with Crippen LogP contribution in [-0.4, -0.2) is 34.1 Å². The fourth-order valence-electron chi connectivity index (χ4n) is 4.24. The van der Waals surface area contributed by atoms with Crippen molar-refractivity contribution in [2.45, 2.75) is 18.2 Å². The molecule has 4 aromatic rings. The normalized spacial score (nSPS) is 12.3. The number of para-hydroxylation sites is 1. The van der Waals surface area contributed by atoms with Crippen LogP contribution in [0.2, 0.25) is 0 Å². The number of rotatable bonds is 8. The van der Waals surface area contributed by atoms with Gasteiger partial charge in [-0.2, -0.15) is 0 Å². The summed E-state index contributed by atoms with van der Waals surface area (Å²) >= 11 is 1.27. The van der Waals surface area contributed by atoms with Crippen molar-refractivity contribution < 1.29 is 27.5 Å². The highest BCUT2D eigenvalue weighted by Crippen LogP contribution is 2.37. The van der Waals surface area contributed by atoms with Crippen molar-refractivity contribution in [2.24, 2.45) is 5.73 Å². The summed E-state index contributed by atoms with van der Waals surface area (Å²) in [6, 6.07) is 19.9. The molecule has 2 amide bonds. The van der Waals surface area contributed by atoms with Crippen molar-refractivity contribution in [1.82, 2.24) is 0 Å². The van der Waals surface area contributed by atoms with Crippen LogP contribution in [0.25, 0.3) is 0 Å². The number of ether oxygens (including phenoxy) is 2. The summed E-state index contributed by atoms with van der Waals surface area (Å²) in [6.07, 6.45) is 0.505. The van der Waals surface area contributed by atoms with Gasteiger partial charge in [0.25, 0.3) is 21.8 Å². The molecule has 0 atom stereocenters. The van der Waals surface area contributed by atoms with Gasteiger partial charge in [0.05, 0.1) is 16.1 Å². The Labute approximate surface area is 229 Å². The molecular weight excluding hydrogens is 538 g/mol. The molecule has 0 saturated carbocycles. The molecule has 11 heteroatoms. The third-order valence-corrected chi connectivity index (χ3v) is 9.42. The Balaban J connectivity index is 1.35. The topological polar surface area (TPSA) is 128 Å². The molecule has 3 N–H and O–H groups in total. The lowest BCUT2D eigenvalue weighted by Crippen LogP contribution is -2.26. The minimum absolute atomic E-state index is 0.0428. The molecule has 0 unspecified atom stereocenters. The molecule has 5 rings (SSSR count). The maximum Gasteiger partial charge on any atom is 0.264 e. The second kappa shape index (κ2) is 10.4. The third-order valence-electron chi connectivity index (χ3n) is 6.42. The first-order valence-corrected chi connectivity index (χ1v) is 14.2. The molecule has 2 heterocycles. The number of sulfonamides is 1. The van der Waals surface area contributed by atoms with Gasteiger partial charge < -0.3 is 20.5 Å². The van der Waals surface area contributed by atoms with Crippen molar-refractivity contribution in [3.63, 3.8) is 0 Å². The standard InChI is InChI=1S/C28H25N3O6S2/c1-17-24(15-18-8-13-22-23(14-18)37-16-36-22)38-28(25(17)26(29)32)30-27(33)19-9-11-21(12-10-19)39(34,35)31(2)20-6-4-3-5-7-20/h3-14H,15-16H2,1-2H3,(H2,29,32)(H,30,33). The monoisotopic (exact) mass is 563 g/mol. The van der Waals surface area contributed by atoms with Crippen molar-refractivity contribution in [3.8, 4) is 11.5 Å². The maximum absolute atomic E-state index is 13.1. The highest BCUT2D eigenvalue weighted by atomic mass is 32.2. The predicted octanol–water partition coefficient (Wildman–Crippen LogP) is 4.55. The van der Waals surface area contributed by atoms with E-state index in [0.29, 0.717) is 34.2 Å². The molecule has 0 bridgehead atoms. The van der Waals surface area contributed by atoms with Gasteiger partial charge in [-0.1, -0.05) is 24.3 Å². The zero-order chi connectivity index (χ0) is 27.7. The van der Waals surface area contributed by atoms with Crippen molar-refractivity contribution in [2.75, 3.05) is 23.5 Å². The summed E-state index contributed by atoms with van der Waals surface area (Å²) in [6.45, 7) is 1.97. The zero-order valence-electron chi connectivity index (χ0n) is 21.1. The number of amides is 2. The van der Waals surface area contributed by atoms with Gasteiger partial charge in [0, 0.05) is 23.9 Å². The second-order valence-electron chi connectivity index (χ2n) is 8.87. The molecule has 0 radical (unpaired) electrons. The first kappa shape index (κ1) is 26.3. The summed E-state index contributed by atoms with van der Waals surface area (Å²) in [5.41, 5.74) is 8.29. The molecule has 1 aliphatic rings. The second-order valence-corrected chi connectivity index (χ2v) is 11.9. The number of thiophene rings is 1. The van der Waals surface area contributed by atoms with Crippen molar-refractivity contribution in [3.05, 3.63) is 99.9 Å². The van der Waals surface area contributed by atoms with Gasteiger partial charge in [0.15, 0.2) is 11.5 Å². The lowest BCUT2D eigenvalue weighted by molar-refractivity contribution is 0.100. The third kappa shape index (κ3) is 5.18. The molecule has 39 heavy (non-hydrogen) atoms. The first-order valence-electron chi connectivity index (χ1n) is 11.9. The van der Waals surface area contributed by atoms with Crippen LogP contribution in [0.4, 0.5) is 10.7 Å². The molecule has 0 saturated heterocycles. The number of nitrogens with one attached hydrogen (secondary N) is 1. The average molecular weight is 564 g/mol. The molecular formula is C28H25N3O6S2. The summed E-state index contributed by atoms with van der Waals surface area (Å²) in [4.78, 5) is 26.3. The lowest BCUT2D eigenvalue weighted by atomic mass is 10.1. The fourth-order valence-corrected chi connectivity index (χ4v) is 6.67. The highest BCUT2D eigenvalue weighted by molar-refractivity contribution is 7.92. The lowest BCUT2D eigenvalue weighted by Gasteiger charge is -2.19. The summed E-state index contributed by atoms with van der Waals surface area (Å²) in [5.74, 6) is 0.193. The number of carbonyl (C=O) groups excluding carboxylic acids is 2. The molecule has 0 aliphatic carbocycles. The Hall–Kier alpha value is -4.35. The van der Waals surface area contributed by atoms with Crippen LogP contribution in [0.15, 0.2) is 77.7 Å². The van der Waals surface area contributed by atoms with E-state index in [9.17, 15) is 18.0 Å². The molecule has 200 valence electrons. The predicted molar refractivity (Wildman–Crippen MR) is 149 cm³/mol. The van der Waals surface area contributed by atoms with E-state index in [4.69, 9.17) is 15.2 Å². The molecule has 9 nitrogen and oxygen atoms in total. The van der Waals surface area contributed by atoms with Crippen LogP contribution in [0, 0.1) is 6.92 Å². The Kier molecular flexibility index (Phi) is 7.02. The zero-order valence-corrected chi connectivity index (χ0v) is 22.8. The van der Waals surface area contributed by atoms with Gasteiger partial charge in [0.1, 0.15) is 5.00 Å². The summed E-state index contributed by atoms with van der Waals surface area (Å²) < 4.78 is 38.1. The number of fused-ring (bicyclic) bond motifs is 1. The Morgan fingerprint density at radius 1 is 1.00 bits per heavy atom. The Morgan fingerprint density at radius 2 is 1.69 bits per heavy atom. The van der Waals surface area contributed by atoms with Crippen molar-refractivity contribution in [1.29, 1.82) is 0 Å². The minimum atomic E-state index is -3.82. The number of primary amides is 1. The summed E-state index contributed by atoms with van der Waals surface area (Å²) in [7, 11) is -2.35.